The molecule has 7 heteroatoms. The number of hydrogen-bond acceptors (Lipinski definition) is 4. The minimum Gasteiger partial charge on any atom is -0.380 e. The third-order valence-electron chi connectivity index (χ3n) is 2.57. The first-order valence-electron chi connectivity index (χ1n) is 5.24. The first-order chi connectivity index (χ1) is 8.58. The van der Waals surface area contributed by atoms with Crippen molar-refractivity contribution in [1.82, 2.24) is 10.2 Å². The Balaban J connectivity index is 2.11. The number of benzene rings is 1. The number of aromatic amines is 1. The average molecular weight is 358 g/mol. The number of H-pyrrole nitrogens is 1. The Bertz CT molecular complexity index is 582. The van der Waals surface area contributed by atoms with Gasteiger partial charge in [-0.2, -0.15) is 5.10 Å². The quantitative estimate of drug-likeness (QED) is 0.500. The predicted molar refractivity (Wildman–Crippen MR) is 76.5 cm³/mol. The van der Waals surface area contributed by atoms with E-state index in [1.165, 1.54) is 6.07 Å². The maximum absolute atomic E-state index is 10.6. The van der Waals surface area contributed by atoms with Crippen LogP contribution in [0.15, 0.2) is 24.4 Å². The second-order valence-corrected chi connectivity index (χ2v) is 4.96. The van der Waals surface area contributed by atoms with E-state index in [1.807, 2.05) is 6.92 Å². The van der Waals surface area contributed by atoms with Gasteiger partial charge in [0.25, 0.3) is 5.69 Å². The lowest BCUT2D eigenvalue weighted by Crippen LogP contribution is -2.02. The van der Waals surface area contributed by atoms with Gasteiger partial charge in [-0.25, -0.2) is 0 Å². The summed E-state index contributed by atoms with van der Waals surface area (Å²) in [5.74, 6) is 0. The molecule has 0 saturated carbocycles. The second-order valence-electron chi connectivity index (χ2n) is 3.80. The van der Waals surface area contributed by atoms with Crippen molar-refractivity contribution in [2.75, 3.05) is 5.32 Å². The van der Waals surface area contributed by atoms with Crippen LogP contribution in [-0.2, 0) is 6.54 Å². The van der Waals surface area contributed by atoms with E-state index in [0.717, 1.165) is 20.5 Å². The lowest BCUT2D eigenvalue weighted by atomic mass is 10.2. The van der Waals surface area contributed by atoms with Crippen molar-refractivity contribution in [3.8, 4) is 0 Å². The van der Waals surface area contributed by atoms with Crippen molar-refractivity contribution in [1.29, 1.82) is 0 Å². The Morgan fingerprint density at radius 1 is 1.56 bits per heavy atom. The van der Waals surface area contributed by atoms with Crippen LogP contribution in [0.1, 0.15) is 11.3 Å². The van der Waals surface area contributed by atoms with Gasteiger partial charge in [-0.1, -0.05) is 0 Å². The molecular weight excluding hydrogens is 347 g/mol. The molecular formula is C11H11IN4O2. The summed E-state index contributed by atoms with van der Waals surface area (Å²) in [5.41, 5.74) is 3.06. The van der Waals surface area contributed by atoms with Gasteiger partial charge in [0, 0.05) is 39.2 Å². The number of non-ortho nitro benzene ring substituents is 1. The molecule has 2 aromatic rings. The minimum absolute atomic E-state index is 0.101. The molecule has 0 aliphatic heterocycles. The molecule has 0 atom stereocenters. The van der Waals surface area contributed by atoms with Crippen molar-refractivity contribution >= 4 is 34.0 Å². The monoisotopic (exact) mass is 358 g/mol. The van der Waals surface area contributed by atoms with Gasteiger partial charge in [-0.15, -0.1) is 0 Å². The highest BCUT2D eigenvalue weighted by molar-refractivity contribution is 14.1. The van der Waals surface area contributed by atoms with Gasteiger partial charge >= 0.3 is 0 Å². The average Bonchev–Trinajstić information content (AvgIpc) is 2.73. The summed E-state index contributed by atoms with van der Waals surface area (Å²) in [7, 11) is 0. The van der Waals surface area contributed by atoms with Crippen LogP contribution in [0.25, 0.3) is 0 Å². The number of nitrogens with one attached hydrogen (secondary N) is 2. The van der Waals surface area contributed by atoms with Crippen molar-refractivity contribution in [3.63, 3.8) is 0 Å². The number of nitro benzene ring substituents is 1. The van der Waals surface area contributed by atoms with E-state index in [0.29, 0.717) is 6.54 Å². The van der Waals surface area contributed by atoms with Gasteiger partial charge in [0.15, 0.2) is 0 Å². The molecule has 0 saturated heterocycles. The summed E-state index contributed by atoms with van der Waals surface area (Å²) in [6, 6.07) is 4.76. The number of halogens is 1. The third kappa shape index (κ3) is 2.78. The zero-order valence-corrected chi connectivity index (χ0v) is 11.8. The highest BCUT2D eigenvalue weighted by atomic mass is 127. The fourth-order valence-electron chi connectivity index (χ4n) is 1.51. The largest absolute Gasteiger partial charge is 0.380 e. The number of aromatic nitrogens is 2. The maximum Gasteiger partial charge on any atom is 0.270 e. The van der Waals surface area contributed by atoms with E-state index >= 15 is 0 Å². The van der Waals surface area contributed by atoms with Crippen LogP contribution < -0.4 is 5.32 Å². The summed E-state index contributed by atoms with van der Waals surface area (Å²) in [6.45, 7) is 2.58. The molecule has 2 rings (SSSR count). The molecule has 6 nitrogen and oxygen atoms in total. The first kappa shape index (κ1) is 12.8. The Morgan fingerprint density at radius 3 is 2.89 bits per heavy atom. The van der Waals surface area contributed by atoms with Crippen LogP contribution in [-0.4, -0.2) is 15.1 Å². The zero-order valence-electron chi connectivity index (χ0n) is 9.61. The fourth-order valence-corrected chi connectivity index (χ4v) is 2.19. The number of rotatable bonds is 4. The summed E-state index contributed by atoms with van der Waals surface area (Å²) in [6.07, 6.45) is 1.76. The number of hydrogen-bond donors (Lipinski definition) is 2. The van der Waals surface area contributed by atoms with E-state index < -0.39 is 4.92 Å². The Hall–Kier alpha value is -1.64. The summed E-state index contributed by atoms with van der Waals surface area (Å²) in [4.78, 5) is 10.2. The molecule has 0 fully saturated rings. The second kappa shape index (κ2) is 5.34. The number of aryl methyl sites for hydroxylation is 1. The SMILES string of the molecule is Cc1[nH]ncc1CNc1ccc([N+](=O)[O-])cc1I. The Morgan fingerprint density at radius 2 is 2.33 bits per heavy atom. The lowest BCUT2D eigenvalue weighted by Gasteiger charge is -2.07. The van der Waals surface area contributed by atoms with Crippen LogP contribution in [0.4, 0.5) is 11.4 Å². The normalized spacial score (nSPS) is 10.3. The van der Waals surface area contributed by atoms with Crippen molar-refractivity contribution in [2.24, 2.45) is 0 Å². The highest BCUT2D eigenvalue weighted by Gasteiger charge is 2.09. The standard InChI is InChI=1S/C11H11IN4O2/c1-7-8(6-14-15-7)5-13-11-3-2-9(16(17)18)4-10(11)12/h2-4,6,13H,5H2,1H3,(H,14,15). The van der Waals surface area contributed by atoms with Crippen LogP contribution >= 0.6 is 22.6 Å². The highest BCUT2D eigenvalue weighted by Crippen LogP contribution is 2.24. The van der Waals surface area contributed by atoms with Crippen LogP contribution in [0.3, 0.4) is 0 Å². The number of nitro groups is 1. The van der Waals surface area contributed by atoms with Crippen LogP contribution in [0.5, 0.6) is 0 Å². The molecule has 1 aromatic carbocycles. The molecule has 0 aliphatic carbocycles. The minimum atomic E-state index is -0.397. The predicted octanol–water partition coefficient (Wildman–Crippen LogP) is 2.84. The Labute approximate surface area is 117 Å². The molecule has 0 amide bonds. The van der Waals surface area contributed by atoms with Gasteiger partial charge in [0.1, 0.15) is 0 Å². The number of anilines is 1. The molecule has 18 heavy (non-hydrogen) atoms. The number of nitrogens with zero attached hydrogens (tertiary/aromatic N) is 2. The van der Waals surface area contributed by atoms with Gasteiger partial charge in [-0.3, -0.25) is 15.2 Å². The third-order valence-corrected chi connectivity index (χ3v) is 3.46. The smallest absolute Gasteiger partial charge is 0.270 e. The zero-order chi connectivity index (χ0) is 13.1. The van der Waals surface area contributed by atoms with Crippen molar-refractivity contribution in [3.05, 3.63) is 49.3 Å². The topological polar surface area (TPSA) is 83.8 Å². The maximum atomic E-state index is 10.6. The first-order valence-corrected chi connectivity index (χ1v) is 6.32. The summed E-state index contributed by atoms with van der Waals surface area (Å²) < 4.78 is 0.822. The van der Waals surface area contributed by atoms with E-state index in [9.17, 15) is 10.1 Å². The van der Waals surface area contributed by atoms with E-state index in [2.05, 4.69) is 38.1 Å². The molecule has 1 heterocycles. The van der Waals surface area contributed by atoms with Crippen LogP contribution in [0, 0.1) is 20.6 Å². The molecule has 94 valence electrons. The van der Waals surface area contributed by atoms with Gasteiger partial charge < -0.3 is 5.32 Å². The van der Waals surface area contributed by atoms with E-state index in [1.54, 1.807) is 18.3 Å². The molecule has 0 unspecified atom stereocenters. The molecule has 2 N–H and O–H groups in total. The van der Waals surface area contributed by atoms with Crippen molar-refractivity contribution in [2.45, 2.75) is 13.5 Å². The van der Waals surface area contributed by atoms with Crippen molar-refractivity contribution < 1.29 is 4.92 Å². The van der Waals surface area contributed by atoms with Gasteiger partial charge in [-0.05, 0) is 35.6 Å². The van der Waals surface area contributed by atoms with E-state index in [4.69, 9.17) is 0 Å². The lowest BCUT2D eigenvalue weighted by molar-refractivity contribution is -0.384. The van der Waals surface area contributed by atoms with E-state index in [-0.39, 0.29) is 5.69 Å². The molecule has 1 aromatic heterocycles. The Kier molecular flexibility index (Phi) is 3.80. The van der Waals surface area contributed by atoms with Crippen LogP contribution in [0.2, 0.25) is 0 Å². The van der Waals surface area contributed by atoms with Gasteiger partial charge in [0.05, 0.1) is 11.1 Å². The fraction of sp³-hybridized carbons (Fsp3) is 0.182. The van der Waals surface area contributed by atoms with Gasteiger partial charge in [0.2, 0.25) is 0 Å². The molecule has 0 bridgehead atoms. The summed E-state index contributed by atoms with van der Waals surface area (Å²) >= 11 is 2.08. The molecule has 0 radical (unpaired) electrons. The summed E-state index contributed by atoms with van der Waals surface area (Å²) in [5, 5.41) is 20.7. The molecule has 0 spiro atoms. The molecule has 0 aliphatic rings.